The first-order valence-corrected chi connectivity index (χ1v) is 11.2. The van der Waals surface area contributed by atoms with Crippen molar-refractivity contribution in [2.24, 2.45) is 0 Å². The molecule has 11 heteroatoms. The van der Waals surface area contributed by atoms with Gasteiger partial charge >= 0.3 is 0 Å². The number of nitrogens with one attached hydrogen (secondary N) is 3. The van der Waals surface area contributed by atoms with Crippen molar-refractivity contribution in [2.75, 3.05) is 6.54 Å². The van der Waals surface area contributed by atoms with Crippen LogP contribution in [0.1, 0.15) is 18.2 Å². The second-order valence-electron chi connectivity index (χ2n) is 8.18. The van der Waals surface area contributed by atoms with Gasteiger partial charge in [0, 0.05) is 48.7 Å². The van der Waals surface area contributed by atoms with Gasteiger partial charge in [-0.25, -0.2) is 24.3 Å². The van der Waals surface area contributed by atoms with Crippen LogP contribution in [0.3, 0.4) is 0 Å². The molecule has 0 spiro atoms. The number of aryl methyl sites for hydroxylation is 1. The Morgan fingerprint density at radius 3 is 2.89 bits per heavy atom. The van der Waals surface area contributed by atoms with Crippen LogP contribution in [0.15, 0.2) is 49.4 Å². The number of aromatic nitrogens is 9. The number of nitrogens with zero attached hydrogens (tertiary/aromatic N) is 7. The average molecular weight is 469 g/mol. The summed E-state index contributed by atoms with van der Waals surface area (Å²) >= 11 is 0. The van der Waals surface area contributed by atoms with Gasteiger partial charge in [-0.2, -0.15) is 5.10 Å². The second kappa shape index (κ2) is 8.37. The summed E-state index contributed by atoms with van der Waals surface area (Å²) < 4.78 is 17.7. The Hall–Kier alpha value is -4.51. The second-order valence-corrected chi connectivity index (χ2v) is 8.18. The van der Waals surface area contributed by atoms with E-state index in [1.54, 1.807) is 29.5 Å². The number of H-pyrrole nitrogens is 2. The number of halogens is 1. The zero-order valence-electron chi connectivity index (χ0n) is 19.0. The van der Waals surface area contributed by atoms with E-state index in [1.165, 1.54) is 6.20 Å². The lowest BCUT2D eigenvalue weighted by Gasteiger charge is -2.07. The molecule has 0 radical (unpaired) electrons. The molecule has 6 rings (SSSR count). The highest BCUT2D eigenvalue weighted by Gasteiger charge is 2.21. The van der Waals surface area contributed by atoms with Gasteiger partial charge in [0.05, 0.1) is 16.6 Å². The Kier molecular flexibility index (Phi) is 5.03. The van der Waals surface area contributed by atoms with Gasteiger partial charge in [-0.05, 0) is 31.2 Å². The fraction of sp³-hybridized carbons (Fsp3) is 0.167. The summed E-state index contributed by atoms with van der Waals surface area (Å²) in [6, 6.07) is 3.73. The van der Waals surface area contributed by atoms with E-state index in [9.17, 15) is 0 Å². The van der Waals surface area contributed by atoms with E-state index in [2.05, 4.69) is 40.4 Å². The smallest absolute Gasteiger partial charge is 0.184 e. The van der Waals surface area contributed by atoms with E-state index in [0.29, 0.717) is 40.5 Å². The Morgan fingerprint density at radius 2 is 2.06 bits per heavy atom. The maximum atomic E-state index is 15.9. The monoisotopic (exact) mass is 468 g/mol. The van der Waals surface area contributed by atoms with Crippen molar-refractivity contribution in [3.63, 3.8) is 0 Å². The minimum Gasteiger partial charge on any atom is -0.336 e. The molecule has 6 aromatic rings. The van der Waals surface area contributed by atoms with Crippen LogP contribution >= 0.6 is 0 Å². The summed E-state index contributed by atoms with van der Waals surface area (Å²) in [5.74, 6) is 0.618. The SMILES string of the molecule is CCNCc1cncc(-c2cnc3n[nH]c(-c4nc5c(-n6cnc(C)c6)nccc5[nH]4)c3c2F)c1. The largest absolute Gasteiger partial charge is 0.336 e. The van der Waals surface area contributed by atoms with Crippen molar-refractivity contribution in [1.29, 1.82) is 0 Å². The summed E-state index contributed by atoms with van der Waals surface area (Å²) in [6.07, 6.45) is 10.1. The fourth-order valence-electron chi connectivity index (χ4n) is 4.09. The van der Waals surface area contributed by atoms with Crippen molar-refractivity contribution < 1.29 is 4.39 Å². The minimum atomic E-state index is -0.440. The first-order valence-electron chi connectivity index (χ1n) is 11.2. The highest BCUT2D eigenvalue weighted by molar-refractivity contribution is 5.95. The first-order chi connectivity index (χ1) is 17.1. The number of aromatic amines is 2. The van der Waals surface area contributed by atoms with Crippen LogP contribution in [-0.4, -0.2) is 51.2 Å². The zero-order valence-corrected chi connectivity index (χ0v) is 19.0. The summed E-state index contributed by atoms with van der Waals surface area (Å²) in [7, 11) is 0. The van der Waals surface area contributed by atoms with E-state index >= 15 is 4.39 Å². The molecule has 0 atom stereocenters. The Labute approximate surface area is 198 Å². The van der Waals surface area contributed by atoms with Crippen LogP contribution in [-0.2, 0) is 6.54 Å². The number of fused-ring (bicyclic) bond motifs is 2. The van der Waals surface area contributed by atoms with Crippen LogP contribution in [0.2, 0.25) is 0 Å². The third-order valence-corrected chi connectivity index (χ3v) is 5.78. The van der Waals surface area contributed by atoms with E-state index in [0.717, 1.165) is 23.3 Å². The molecule has 6 heterocycles. The number of imidazole rings is 2. The van der Waals surface area contributed by atoms with Gasteiger partial charge in [-0.1, -0.05) is 6.92 Å². The molecule has 0 amide bonds. The predicted molar refractivity (Wildman–Crippen MR) is 129 cm³/mol. The zero-order chi connectivity index (χ0) is 23.9. The van der Waals surface area contributed by atoms with Gasteiger partial charge in [0.25, 0.3) is 0 Å². The van der Waals surface area contributed by atoms with Crippen LogP contribution in [0, 0.1) is 12.7 Å². The maximum Gasteiger partial charge on any atom is 0.184 e. The van der Waals surface area contributed by atoms with Gasteiger partial charge in [0.15, 0.2) is 17.3 Å². The number of hydrogen-bond acceptors (Lipinski definition) is 7. The van der Waals surface area contributed by atoms with Crippen molar-refractivity contribution in [3.8, 4) is 28.5 Å². The van der Waals surface area contributed by atoms with Crippen LogP contribution in [0.5, 0.6) is 0 Å². The molecule has 0 aliphatic heterocycles. The van der Waals surface area contributed by atoms with Crippen molar-refractivity contribution >= 4 is 22.1 Å². The standard InChI is InChI=1S/C24H21FN10/c1-3-26-7-14-6-15(9-27-8-14)16-10-29-22-18(19(16)25)21(33-34-22)23-31-17-4-5-28-24(20(17)32-23)35-11-13(2)30-12-35/h4-6,8-12,26H,3,7H2,1-2H3,(H,31,32)(H,29,33,34). The normalized spacial score (nSPS) is 11.6. The molecule has 0 bridgehead atoms. The van der Waals surface area contributed by atoms with Crippen LogP contribution in [0.4, 0.5) is 4.39 Å². The van der Waals surface area contributed by atoms with Crippen LogP contribution < -0.4 is 5.32 Å². The molecule has 0 aliphatic carbocycles. The van der Waals surface area contributed by atoms with E-state index in [4.69, 9.17) is 4.98 Å². The summed E-state index contributed by atoms with van der Waals surface area (Å²) in [4.78, 5) is 25.4. The molecule has 3 N–H and O–H groups in total. The fourth-order valence-corrected chi connectivity index (χ4v) is 4.09. The lowest BCUT2D eigenvalue weighted by Crippen LogP contribution is -2.11. The summed E-state index contributed by atoms with van der Waals surface area (Å²) in [6.45, 7) is 5.42. The predicted octanol–water partition coefficient (Wildman–Crippen LogP) is 3.70. The number of hydrogen-bond donors (Lipinski definition) is 3. The Bertz CT molecular complexity index is 1680. The molecular formula is C24H21FN10. The molecule has 35 heavy (non-hydrogen) atoms. The third kappa shape index (κ3) is 3.62. The van der Waals surface area contributed by atoms with Gasteiger partial charge < -0.3 is 10.3 Å². The number of pyridine rings is 3. The molecule has 6 aromatic heterocycles. The highest BCUT2D eigenvalue weighted by Crippen LogP contribution is 2.33. The van der Waals surface area contributed by atoms with Gasteiger partial charge in [-0.15, -0.1) is 0 Å². The van der Waals surface area contributed by atoms with E-state index < -0.39 is 5.82 Å². The molecule has 0 fully saturated rings. The molecular weight excluding hydrogens is 447 g/mol. The minimum absolute atomic E-state index is 0.256. The highest BCUT2D eigenvalue weighted by atomic mass is 19.1. The van der Waals surface area contributed by atoms with Crippen molar-refractivity contribution in [2.45, 2.75) is 20.4 Å². The third-order valence-electron chi connectivity index (χ3n) is 5.78. The number of rotatable bonds is 6. The van der Waals surface area contributed by atoms with E-state index in [-0.39, 0.29) is 11.0 Å². The molecule has 0 aromatic carbocycles. The molecule has 0 unspecified atom stereocenters. The molecule has 10 nitrogen and oxygen atoms in total. The first kappa shape index (κ1) is 21.1. The molecule has 0 aliphatic rings. The molecule has 174 valence electrons. The van der Waals surface area contributed by atoms with Gasteiger partial charge in [-0.3, -0.25) is 14.6 Å². The van der Waals surface area contributed by atoms with E-state index in [1.807, 2.05) is 32.2 Å². The topological polar surface area (TPSA) is 126 Å². The van der Waals surface area contributed by atoms with Crippen LogP contribution in [0.25, 0.3) is 50.5 Å². The van der Waals surface area contributed by atoms with Crippen molar-refractivity contribution in [3.05, 3.63) is 66.5 Å². The summed E-state index contributed by atoms with van der Waals surface area (Å²) in [5.41, 5.74) is 4.88. The summed E-state index contributed by atoms with van der Waals surface area (Å²) in [5, 5.41) is 10.6. The molecule has 0 saturated carbocycles. The van der Waals surface area contributed by atoms with Crippen molar-refractivity contribution in [1.82, 2.24) is 50.0 Å². The average Bonchev–Trinajstić information content (AvgIpc) is 3.60. The quantitative estimate of drug-likeness (QED) is 0.340. The Morgan fingerprint density at radius 1 is 1.14 bits per heavy atom. The lowest BCUT2D eigenvalue weighted by molar-refractivity contribution is 0.642. The van der Waals surface area contributed by atoms with Gasteiger partial charge in [0.2, 0.25) is 0 Å². The maximum absolute atomic E-state index is 15.9. The lowest BCUT2D eigenvalue weighted by atomic mass is 10.1. The van der Waals surface area contributed by atoms with Gasteiger partial charge in [0.1, 0.15) is 23.4 Å². The Balaban J connectivity index is 1.48. The molecule has 0 saturated heterocycles.